The van der Waals surface area contributed by atoms with E-state index in [9.17, 15) is 14.0 Å². The minimum absolute atomic E-state index is 0.109. The highest BCUT2D eigenvalue weighted by atomic mass is 19.1. The average Bonchev–Trinajstić information content (AvgIpc) is 3.34. The standard InChI is InChI=1S/C27H35FN6O3/c1-15(2)22-13-29-34-24(12-23(17-4-5-17)31-25(22)34)30-18-10-19-6-7-20(11-18)33(19)27(36)37-21-8-9-32(14-21)26(35)16(3)28/h12-13,15,17-21,30H,3-11,14H2,1-2H3. The van der Waals surface area contributed by atoms with Gasteiger partial charge in [0.05, 0.1) is 12.7 Å². The molecule has 0 spiro atoms. The fourth-order valence-electron chi connectivity index (χ4n) is 6.28. The van der Waals surface area contributed by atoms with Crippen LogP contribution in [0.5, 0.6) is 0 Å². The van der Waals surface area contributed by atoms with Crippen LogP contribution in [0.3, 0.4) is 0 Å². The van der Waals surface area contributed by atoms with E-state index in [1.807, 2.05) is 15.6 Å². The first-order valence-corrected chi connectivity index (χ1v) is 13.6. The van der Waals surface area contributed by atoms with Crippen molar-refractivity contribution in [3.63, 3.8) is 0 Å². The Morgan fingerprint density at radius 3 is 2.54 bits per heavy atom. The highest BCUT2D eigenvalue weighted by molar-refractivity contribution is 5.90. The molecule has 0 aromatic carbocycles. The van der Waals surface area contributed by atoms with Gasteiger partial charge in [0.1, 0.15) is 11.9 Å². The van der Waals surface area contributed by atoms with Crippen molar-refractivity contribution in [1.29, 1.82) is 0 Å². The molecule has 10 heteroatoms. The number of halogens is 1. The Morgan fingerprint density at radius 1 is 1.16 bits per heavy atom. The lowest BCUT2D eigenvalue weighted by Crippen LogP contribution is -2.50. The Morgan fingerprint density at radius 2 is 1.89 bits per heavy atom. The molecule has 198 valence electrons. The summed E-state index contributed by atoms with van der Waals surface area (Å²) < 4.78 is 20.9. The molecular weight excluding hydrogens is 475 g/mol. The summed E-state index contributed by atoms with van der Waals surface area (Å²) >= 11 is 0. The molecule has 1 aliphatic carbocycles. The second-order valence-corrected chi connectivity index (χ2v) is 11.4. The number of nitrogens with zero attached hydrogens (tertiary/aromatic N) is 5. The van der Waals surface area contributed by atoms with Crippen molar-refractivity contribution < 1.29 is 18.7 Å². The quantitative estimate of drug-likeness (QED) is 0.581. The van der Waals surface area contributed by atoms with Crippen molar-refractivity contribution in [2.75, 3.05) is 18.4 Å². The fraction of sp³-hybridized carbons (Fsp3) is 0.630. The molecule has 4 aliphatic rings. The molecule has 9 nitrogen and oxygen atoms in total. The second-order valence-electron chi connectivity index (χ2n) is 11.4. The van der Waals surface area contributed by atoms with E-state index in [-0.39, 0.29) is 30.8 Å². The van der Waals surface area contributed by atoms with Gasteiger partial charge in [-0.05, 0) is 44.4 Å². The third-order valence-electron chi connectivity index (χ3n) is 8.36. The summed E-state index contributed by atoms with van der Waals surface area (Å²) in [7, 11) is 0. The Labute approximate surface area is 216 Å². The normalized spacial score (nSPS) is 27.2. The molecule has 3 atom stereocenters. The van der Waals surface area contributed by atoms with E-state index in [2.05, 4.69) is 36.9 Å². The summed E-state index contributed by atoms with van der Waals surface area (Å²) in [5.74, 6) is 0.157. The van der Waals surface area contributed by atoms with Crippen molar-refractivity contribution in [2.45, 2.75) is 94.9 Å². The van der Waals surface area contributed by atoms with E-state index in [0.717, 1.165) is 48.4 Å². The number of hydrogen-bond donors (Lipinski definition) is 1. The summed E-state index contributed by atoms with van der Waals surface area (Å²) in [4.78, 5) is 33.2. The van der Waals surface area contributed by atoms with Crippen LogP contribution in [-0.2, 0) is 9.53 Å². The van der Waals surface area contributed by atoms with E-state index in [1.54, 1.807) is 0 Å². The van der Waals surface area contributed by atoms with E-state index >= 15 is 0 Å². The van der Waals surface area contributed by atoms with Crippen LogP contribution in [0.1, 0.15) is 81.9 Å². The van der Waals surface area contributed by atoms with Gasteiger partial charge in [0, 0.05) is 54.3 Å². The molecule has 0 radical (unpaired) electrons. The molecule has 3 aliphatic heterocycles. The van der Waals surface area contributed by atoms with Crippen LogP contribution in [0.25, 0.3) is 5.65 Å². The Balaban J connectivity index is 1.13. The largest absolute Gasteiger partial charge is 0.444 e. The second kappa shape index (κ2) is 9.29. The average molecular weight is 511 g/mol. The van der Waals surface area contributed by atoms with Gasteiger partial charge < -0.3 is 19.9 Å². The van der Waals surface area contributed by atoms with Gasteiger partial charge in [-0.25, -0.2) is 14.2 Å². The lowest BCUT2D eigenvalue weighted by atomic mass is 9.97. The number of anilines is 1. The number of nitrogens with one attached hydrogen (secondary N) is 1. The number of carbonyl (C=O) groups is 2. The highest BCUT2D eigenvalue weighted by Gasteiger charge is 2.45. The number of rotatable bonds is 6. The van der Waals surface area contributed by atoms with Crippen LogP contribution in [0.4, 0.5) is 15.0 Å². The molecule has 2 amide bonds. The molecule has 1 N–H and O–H groups in total. The monoisotopic (exact) mass is 510 g/mol. The van der Waals surface area contributed by atoms with Gasteiger partial charge in [0.25, 0.3) is 5.91 Å². The Kier molecular flexibility index (Phi) is 6.07. The molecular formula is C27H35FN6O3. The molecule has 5 heterocycles. The number of fused-ring (bicyclic) bond motifs is 3. The van der Waals surface area contributed by atoms with E-state index in [0.29, 0.717) is 24.8 Å². The number of amides is 2. The van der Waals surface area contributed by atoms with Crippen molar-refractivity contribution in [3.8, 4) is 0 Å². The van der Waals surface area contributed by atoms with Gasteiger partial charge in [-0.3, -0.25) is 4.79 Å². The third-order valence-corrected chi connectivity index (χ3v) is 8.36. The zero-order valence-electron chi connectivity index (χ0n) is 21.5. The SMILES string of the molecule is C=C(F)C(=O)N1CCC(OC(=O)N2C3CCC2CC(Nc2cc(C4CC4)nc4c(C(C)C)cnn24)C3)C1. The number of carbonyl (C=O) groups excluding carboxylic acids is 2. The van der Waals surface area contributed by atoms with Crippen molar-refractivity contribution >= 4 is 23.5 Å². The fourth-order valence-corrected chi connectivity index (χ4v) is 6.28. The first-order chi connectivity index (χ1) is 17.8. The van der Waals surface area contributed by atoms with Gasteiger partial charge in [-0.2, -0.15) is 9.61 Å². The van der Waals surface area contributed by atoms with E-state index in [4.69, 9.17) is 9.72 Å². The zero-order valence-corrected chi connectivity index (χ0v) is 21.5. The van der Waals surface area contributed by atoms with Crippen molar-refractivity contribution in [1.82, 2.24) is 24.4 Å². The molecule has 6 rings (SSSR count). The first kappa shape index (κ1) is 24.2. The van der Waals surface area contributed by atoms with Gasteiger partial charge in [-0.15, -0.1) is 0 Å². The summed E-state index contributed by atoms with van der Waals surface area (Å²) in [5.41, 5.74) is 3.24. The van der Waals surface area contributed by atoms with Crippen molar-refractivity contribution in [2.24, 2.45) is 0 Å². The molecule has 4 fully saturated rings. The maximum Gasteiger partial charge on any atom is 0.410 e. The number of aromatic nitrogens is 3. The summed E-state index contributed by atoms with van der Waals surface area (Å²) in [6, 6.07) is 2.60. The predicted octanol–water partition coefficient (Wildman–Crippen LogP) is 4.36. The smallest absolute Gasteiger partial charge is 0.410 e. The molecule has 37 heavy (non-hydrogen) atoms. The van der Waals surface area contributed by atoms with Gasteiger partial charge >= 0.3 is 6.09 Å². The van der Waals surface area contributed by atoms with Crippen LogP contribution in [0.2, 0.25) is 0 Å². The van der Waals surface area contributed by atoms with Crippen LogP contribution >= 0.6 is 0 Å². The van der Waals surface area contributed by atoms with Crippen LogP contribution in [-0.4, -0.2) is 73.7 Å². The lowest BCUT2D eigenvalue weighted by molar-refractivity contribution is -0.128. The first-order valence-electron chi connectivity index (χ1n) is 13.6. The molecule has 2 aromatic heterocycles. The minimum Gasteiger partial charge on any atom is -0.444 e. The lowest BCUT2D eigenvalue weighted by Gasteiger charge is -2.39. The summed E-state index contributed by atoms with van der Waals surface area (Å²) in [6.45, 7) is 7.99. The van der Waals surface area contributed by atoms with E-state index < -0.39 is 17.8 Å². The predicted molar refractivity (Wildman–Crippen MR) is 136 cm³/mol. The maximum absolute atomic E-state index is 13.2. The number of likely N-dealkylation sites (tertiary alicyclic amines) is 1. The van der Waals surface area contributed by atoms with E-state index in [1.165, 1.54) is 17.7 Å². The molecule has 3 unspecified atom stereocenters. The highest BCUT2D eigenvalue weighted by Crippen LogP contribution is 2.41. The number of piperidine rings is 1. The number of hydrogen-bond acceptors (Lipinski definition) is 6. The Bertz CT molecular complexity index is 1230. The van der Waals surface area contributed by atoms with Crippen LogP contribution in [0.15, 0.2) is 24.7 Å². The third kappa shape index (κ3) is 4.55. The number of ether oxygens (including phenoxy) is 1. The summed E-state index contributed by atoms with van der Waals surface area (Å²) in [5, 5.41) is 8.42. The van der Waals surface area contributed by atoms with Crippen LogP contribution in [0, 0.1) is 0 Å². The summed E-state index contributed by atoms with van der Waals surface area (Å²) in [6.07, 6.45) is 7.67. The van der Waals surface area contributed by atoms with Crippen LogP contribution < -0.4 is 5.32 Å². The van der Waals surface area contributed by atoms with Gasteiger partial charge in [-0.1, -0.05) is 20.4 Å². The molecule has 2 aromatic rings. The zero-order chi connectivity index (χ0) is 25.8. The molecule has 2 bridgehead atoms. The minimum atomic E-state index is -0.981. The van der Waals surface area contributed by atoms with Gasteiger partial charge in [0.2, 0.25) is 0 Å². The maximum atomic E-state index is 13.2. The Hall–Kier alpha value is -3.17. The molecule has 1 saturated carbocycles. The van der Waals surface area contributed by atoms with Gasteiger partial charge in [0.15, 0.2) is 11.5 Å². The topological polar surface area (TPSA) is 92.1 Å². The van der Waals surface area contributed by atoms with Crippen molar-refractivity contribution in [3.05, 3.63) is 35.9 Å². The molecule has 3 saturated heterocycles.